The van der Waals surface area contributed by atoms with Gasteiger partial charge in [0.25, 0.3) is 0 Å². The van der Waals surface area contributed by atoms with E-state index in [9.17, 15) is 13.6 Å². The lowest BCUT2D eigenvalue weighted by molar-refractivity contribution is -0.143. The first-order chi connectivity index (χ1) is 14.6. The van der Waals surface area contributed by atoms with Crippen LogP contribution in [0.4, 0.5) is 8.78 Å². The second-order valence-electron chi connectivity index (χ2n) is 6.83. The quantitative estimate of drug-likeness (QED) is 0.421. The van der Waals surface area contributed by atoms with Crippen molar-refractivity contribution in [2.75, 3.05) is 26.4 Å². The van der Waals surface area contributed by atoms with E-state index in [4.69, 9.17) is 18.9 Å². The van der Waals surface area contributed by atoms with Crippen LogP contribution in [0.1, 0.15) is 32.6 Å². The zero-order valence-electron chi connectivity index (χ0n) is 16.9. The number of hydrogen-bond acceptors (Lipinski definition) is 6. The molecule has 1 saturated heterocycles. The maximum atomic E-state index is 14.5. The molecule has 1 fully saturated rings. The molecule has 1 unspecified atom stereocenters. The minimum Gasteiger partial charge on any atom is -0.488 e. The first-order valence-electron chi connectivity index (χ1n) is 10.1. The van der Waals surface area contributed by atoms with Crippen LogP contribution in [0.3, 0.4) is 0 Å². The number of pyridine rings is 1. The molecule has 1 aliphatic rings. The molecule has 162 valence electrons. The lowest BCUT2D eigenvalue weighted by atomic mass is 10.1. The molecular formula is C22H25F2NO5. The lowest BCUT2D eigenvalue weighted by Gasteiger charge is -2.15. The number of halogens is 2. The molecule has 0 saturated carbocycles. The molecule has 1 aliphatic heterocycles. The number of esters is 1. The summed E-state index contributed by atoms with van der Waals surface area (Å²) in [6.07, 6.45) is 3.87. The van der Waals surface area contributed by atoms with E-state index in [1.54, 1.807) is 25.3 Å². The van der Waals surface area contributed by atoms with Crippen LogP contribution in [-0.4, -0.2) is 43.5 Å². The maximum Gasteiger partial charge on any atom is 0.305 e. The smallest absolute Gasteiger partial charge is 0.305 e. The Balaban J connectivity index is 1.66. The van der Waals surface area contributed by atoms with Crippen LogP contribution >= 0.6 is 0 Å². The minimum absolute atomic E-state index is 0.00119. The van der Waals surface area contributed by atoms with Crippen molar-refractivity contribution in [3.8, 4) is 22.8 Å². The summed E-state index contributed by atoms with van der Waals surface area (Å²) >= 11 is 0. The van der Waals surface area contributed by atoms with E-state index in [1.807, 2.05) is 0 Å². The molecule has 0 N–H and O–H groups in total. The van der Waals surface area contributed by atoms with Gasteiger partial charge >= 0.3 is 5.97 Å². The second kappa shape index (κ2) is 10.9. The van der Waals surface area contributed by atoms with Crippen LogP contribution in [-0.2, 0) is 14.3 Å². The Morgan fingerprint density at radius 3 is 2.77 bits per heavy atom. The van der Waals surface area contributed by atoms with Crippen LogP contribution in [0.15, 0.2) is 30.5 Å². The molecule has 0 spiro atoms. The standard InChI is InChI=1S/C22H25F2NO5/c1-2-27-20(26)8-5-11-29-21-18(23)12-15(13-19(21)24)17-7-3-9-25-22(17)30-14-16-6-4-10-28-16/h3,7,9,12-13,16H,2,4-6,8,10-11,14H2,1H3. The average molecular weight is 421 g/mol. The average Bonchev–Trinajstić information content (AvgIpc) is 3.25. The third kappa shape index (κ3) is 5.89. The zero-order valence-corrected chi connectivity index (χ0v) is 16.9. The van der Waals surface area contributed by atoms with Crippen molar-refractivity contribution < 1.29 is 32.5 Å². The third-order valence-electron chi connectivity index (χ3n) is 4.59. The van der Waals surface area contributed by atoms with Gasteiger partial charge in [-0.15, -0.1) is 0 Å². The summed E-state index contributed by atoms with van der Waals surface area (Å²) in [5.74, 6) is -2.24. The van der Waals surface area contributed by atoms with Crippen LogP contribution in [0, 0.1) is 11.6 Å². The van der Waals surface area contributed by atoms with E-state index in [-0.39, 0.29) is 37.6 Å². The molecule has 0 bridgehead atoms. The fraction of sp³-hybridized carbons (Fsp3) is 0.455. The van der Waals surface area contributed by atoms with Crippen molar-refractivity contribution in [3.63, 3.8) is 0 Å². The Morgan fingerprint density at radius 1 is 1.27 bits per heavy atom. The summed E-state index contributed by atoms with van der Waals surface area (Å²) in [5.41, 5.74) is 0.765. The molecule has 1 aromatic heterocycles. The van der Waals surface area contributed by atoms with Crippen molar-refractivity contribution in [1.82, 2.24) is 4.98 Å². The van der Waals surface area contributed by atoms with Crippen LogP contribution < -0.4 is 9.47 Å². The van der Waals surface area contributed by atoms with Crippen molar-refractivity contribution in [1.29, 1.82) is 0 Å². The van der Waals surface area contributed by atoms with E-state index < -0.39 is 17.4 Å². The number of hydrogen-bond donors (Lipinski definition) is 0. The highest BCUT2D eigenvalue weighted by atomic mass is 19.1. The molecule has 30 heavy (non-hydrogen) atoms. The second-order valence-corrected chi connectivity index (χ2v) is 6.83. The number of nitrogens with zero attached hydrogens (tertiary/aromatic N) is 1. The minimum atomic E-state index is -0.838. The van der Waals surface area contributed by atoms with Gasteiger partial charge in [-0.1, -0.05) is 0 Å². The highest BCUT2D eigenvalue weighted by molar-refractivity contribution is 5.70. The number of rotatable bonds is 10. The molecule has 0 radical (unpaired) electrons. The molecule has 3 rings (SSSR count). The molecule has 8 heteroatoms. The number of ether oxygens (including phenoxy) is 4. The Labute approximate surface area is 174 Å². The fourth-order valence-electron chi connectivity index (χ4n) is 3.15. The van der Waals surface area contributed by atoms with Gasteiger partial charge in [0.1, 0.15) is 6.61 Å². The van der Waals surface area contributed by atoms with Gasteiger partial charge in [-0.3, -0.25) is 4.79 Å². The van der Waals surface area contributed by atoms with Gasteiger partial charge in [-0.2, -0.15) is 0 Å². The Hall–Kier alpha value is -2.74. The zero-order chi connectivity index (χ0) is 21.3. The van der Waals surface area contributed by atoms with Crippen LogP contribution in [0.2, 0.25) is 0 Å². The highest BCUT2D eigenvalue weighted by Gasteiger charge is 2.19. The maximum absolute atomic E-state index is 14.5. The molecule has 2 aromatic rings. The summed E-state index contributed by atoms with van der Waals surface area (Å²) < 4.78 is 50.4. The normalized spacial score (nSPS) is 15.8. The Bertz CT molecular complexity index is 832. The molecule has 2 heterocycles. The van der Waals surface area contributed by atoms with Crippen LogP contribution in [0.25, 0.3) is 11.1 Å². The van der Waals surface area contributed by atoms with E-state index >= 15 is 0 Å². The highest BCUT2D eigenvalue weighted by Crippen LogP contribution is 2.33. The van der Waals surface area contributed by atoms with E-state index in [0.29, 0.717) is 30.8 Å². The van der Waals surface area contributed by atoms with Crippen molar-refractivity contribution in [3.05, 3.63) is 42.1 Å². The van der Waals surface area contributed by atoms with Gasteiger partial charge in [0.2, 0.25) is 5.88 Å². The fourth-order valence-corrected chi connectivity index (χ4v) is 3.15. The predicted octanol–water partition coefficient (Wildman–Crippen LogP) is 4.31. The van der Waals surface area contributed by atoms with Gasteiger partial charge < -0.3 is 18.9 Å². The molecular weight excluding hydrogens is 396 g/mol. The summed E-state index contributed by atoms with van der Waals surface area (Å²) in [6, 6.07) is 5.72. The molecule has 1 atom stereocenters. The first-order valence-corrected chi connectivity index (χ1v) is 10.1. The number of aromatic nitrogens is 1. The topological polar surface area (TPSA) is 66.9 Å². The van der Waals surface area contributed by atoms with Gasteiger partial charge in [-0.05, 0) is 56.0 Å². The molecule has 1 aromatic carbocycles. The SMILES string of the molecule is CCOC(=O)CCCOc1c(F)cc(-c2cccnc2OCC2CCCO2)cc1F. The predicted molar refractivity (Wildman–Crippen MR) is 105 cm³/mol. The summed E-state index contributed by atoms with van der Waals surface area (Å²) in [6.45, 7) is 3.03. The Morgan fingerprint density at radius 2 is 2.07 bits per heavy atom. The van der Waals surface area contributed by atoms with Gasteiger partial charge in [0, 0.05) is 24.8 Å². The number of carbonyl (C=O) groups is 1. The largest absolute Gasteiger partial charge is 0.488 e. The van der Waals surface area contributed by atoms with Gasteiger partial charge in [-0.25, -0.2) is 13.8 Å². The first kappa shape index (κ1) is 22.0. The molecule has 6 nitrogen and oxygen atoms in total. The van der Waals surface area contributed by atoms with Crippen molar-refractivity contribution >= 4 is 5.97 Å². The number of benzene rings is 1. The number of carbonyl (C=O) groups excluding carboxylic acids is 1. The summed E-state index contributed by atoms with van der Waals surface area (Å²) in [5, 5.41) is 0. The summed E-state index contributed by atoms with van der Waals surface area (Å²) in [7, 11) is 0. The Kier molecular flexibility index (Phi) is 7.96. The lowest BCUT2D eigenvalue weighted by Crippen LogP contribution is -2.17. The van der Waals surface area contributed by atoms with E-state index in [0.717, 1.165) is 12.8 Å². The third-order valence-corrected chi connectivity index (χ3v) is 4.59. The summed E-state index contributed by atoms with van der Waals surface area (Å²) in [4.78, 5) is 15.5. The van der Waals surface area contributed by atoms with E-state index in [1.165, 1.54) is 12.1 Å². The van der Waals surface area contributed by atoms with Crippen molar-refractivity contribution in [2.24, 2.45) is 0 Å². The van der Waals surface area contributed by atoms with Gasteiger partial charge in [0.05, 0.1) is 19.3 Å². The molecule has 0 aliphatic carbocycles. The monoisotopic (exact) mass is 421 g/mol. The van der Waals surface area contributed by atoms with Crippen molar-refractivity contribution in [2.45, 2.75) is 38.7 Å². The van der Waals surface area contributed by atoms with E-state index in [2.05, 4.69) is 4.98 Å². The van der Waals surface area contributed by atoms with Crippen LogP contribution in [0.5, 0.6) is 11.6 Å². The molecule has 0 amide bonds. The van der Waals surface area contributed by atoms with Gasteiger partial charge in [0.15, 0.2) is 17.4 Å².